The molecule has 2 N–H and O–H groups in total. The predicted octanol–water partition coefficient (Wildman–Crippen LogP) is 1.85. The van der Waals surface area contributed by atoms with Crippen molar-refractivity contribution in [2.75, 3.05) is 17.7 Å². The highest BCUT2D eigenvalue weighted by molar-refractivity contribution is 5.94. The second-order valence-corrected chi connectivity index (χ2v) is 4.34. The lowest BCUT2D eigenvalue weighted by molar-refractivity contribution is -0.141. The summed E-state index contributed by atoms with van der Waals surface area (Å²) in [6.45, 7) is 3.27. The van der Waals surface area contributed by atoms with Crippen molar-refractivity contribution in [3.63, 3.8) is 0 Å². The molecule has 1 aromatic carbocycles. The number of rotatable bonds is 5. The molecule has 0 saturated heterocycles. The Morgan fingerprint density at radius 3 is 2.45 bits per heavy atom. The Balaban J connectivity index is 2.65. The molecular formula is C14H18N2O4. The molecule has 0 spiro atoms. The minimum atomic E-state index is -0.428. The molecule has 0 aliphatic carbocycles. The molecule has 0 aliphatic heterocycles. The molecule has 6 heteroatoms. The number of nitrogens with one attached hydrogen (secondary N) is 2. The Bertz CT molecular complexity index is 526. The van der Waals surface area contributed by atoms with Crippen LogP contribution in [0.1, 0.15) is 25.3 Å². The van der Waals surface area contributed by atoms with Crippen LogP contribution in [-0.2, 0) is 19.1 Å². The van der Waals surface area contributed by atoms with Gasteiger partial charge in [0.1, 0.15) is 0 Å². The van der Waals surface area contributed by atoms with Crippen molar-refractivity contribution in [2.45, 2.75) is 26.7 Å². The first-order valence-electron chi connectivity index (χ1n) is 6.17. The van der Waals surface area contributed by atoms with Gasteiger partial charge < -0.3 is 15.4 Å². The Morgan fingerprint density at radius 2 is 1.85 bits per heavy atom. The van der Waals surface area contributed by atoms with Crippen LogP contribution in [0.15, 0.2) is 18.2 Å². The van der Waals surface area contributed by atoms with E-state index in [2.05, 4.69) is 15.4 Å². The van der Waals surface area contributed by atoms with Gasteiger partial charge in [0.05, 0.1) is 13.5 Å². The standard InChI is InChI=1S/C14H18N2O4/c1-9-4-5-11(8-12(9)15-10(2)17)16-13(18)6-7-14(19)20-3/h4-5,8H,6-7H2,1-3H3,(H,15,17)(H,16,18). The van der Waals surface area contributed by atoms with Crippen LogP contribution < -0.4 is 10.6 Å². The first kappa shape index (κ1) is 15.7. The minimum Gasteiger partial charge on any atom is -0.469 e. The van der Waals surface area contributed by atoms with Crippen LogP contribution >= 0.6 is 0 Å². The number of aryl methyl sites for hydroxylation is 1. The molecule has 1 rings (SSSR count). The summed E-state index contributed by atoms with van der Waals surface area (Å²) in [6.07, 6.45) is 0.0861. The number of carbonyl (C=O) groups excluding carboxylic acids is 3. The lowest BCUT2D eigenvalue weighted by atomic mass is 10.1. The largest absolute Gasteiger partial charge is 0.469 e. The highest BCUT2D eigenvalue weighted by atomic mass is 16.5. The maximum absolute atomic E-state index is 11.6. The summed E-state index contributed by atoms with van der Waals surface area (Å²) < 4.78 is 4.46. The molecule has 2 amide bonds. The van der Waals surface area contributed by atoms with E-state index in [9.17, 15) is 14.4 Å². The van der Waals surface area contributed by atoms with Gasteiger partial charge in [0.2, 0.25) is 11.8 Å². The smallest absolute Gasteiger partial charge is 0.306 e. The molecule has 108 valence electrons. The average Bonchev–Trinajstić information content (AvgIpc) is 2.39. The molecule has 0 atom stereocenters. The van der Waals surface area contributed by atoms with E-state index < -0.39 is 5.97 Å². The molecule has 1 aromatic rings. The predicted molar refractivity (Wildman–Crippen MR) is 75.4 cm³/mol. The minimum absolute atomic E-state index is 0.0345. The Hall–Kier alpha value is -2.37. The number of methoxy groups -OCH3 is 1. The number of carbonyl (C=O) groups is 3. The third kappa shape index (κ3) is 5.09. The van der Waals surface area contributed by atoms with E-state index >= 15 is 0 Å². The van der Waals surface area contributed by atoms with Crippen LogP contribution in [0.2, 0.25) is 0 Å². The van der Waals surface area contributed by atoms with Gasteiger partial charge in [-0.2, -0.15) is 0 Å². The van der Waals surface area contributed by atoms with E-state index in [1.165, 1.54) is 14.0 Å². The zero-order valence-electron chi connectivity index (χ0n) is 11.8. The van der Waals surface area contributed by atoms with E-state index in [1.54, 1.807) is 18.2 Å². The number of hydrogen-bond acceptors (Lipinski definition) is 4. The average molecular weight is 278 g/mol. The SMILES string of the molecule is COC(=O)CCC(=O)Nc1ccc(C)c(NC(C)=O)c1. The van der Waals surface area contributed by atoms with Gasteiger partial charge in [-0.15, -0.1) is 0 Å². The van der Waals surface area contributed by atoms with Crippen LogP contribution in [-0.4, -0.2) is 24.9 Å². The zero-order chi connectivity index (χ0) is 15.1. The number of anilines is 2. The molecule has 0 saturated carbocycles. The van der Waals surface area contributed by atoms with E-state index in [1.807, 2.05) is 6.92 Å². The number of amides is 2. The quantitative estimate of drug-likeness (QED) is 0.805. The number of esters is 1. The molecule has 0 radical (unpaired) electrons. The third-order valence-corrected chi connectivity index (χ3v) is 2.62. The van der Waals surface area contributed by atoms with Gasteiger partial charge in [-0.25, -0.2) is 0 Å². The summed E-state index contributed by atoms with van der Waals surface area (Å²) in [4.78, 5) is 33.6. The monoisotopic (exact) mass is 278 g/mol. The van der Waals surface area contributed by atoms with Crippen LogP contribution in [0.25, 0.3) is 0 Å². The lowest BCUT2D eigenvalue weighted by Gasteiger charge is -2.10. The first-order chi connectivity index (χ1) is 9.42. The van der Waals surface area contributed by atoms with Crippen LogP contribution in [0.3, 0.4) is 0 Å². The molecule has 0 aromatic heterocycles. The van der Waals surface area contributed by atoms with E-state index in [0.29, 0.717) is 11.4 Å². The fraction of sp³-hybridized carbons (Fsp3) is 0.357. The van der Waals surface area contributed by atoms with Gasteiger partial charge in [0, 0.05) is 24.7 Å². The van der Waals surface area contributed by atoms with Gasteiger partial charge in [-0.1, -0.05) is 6.07 Å². The van der Waals surface area contributed by atoms with Crippen molar-refractivity contribution in [1.82, 2.24) is 0 Å². The topological polar surface area (TPSA) is 84.5 Å². The lowest BCUT2D eigenvalue weighted by Crippen LogP contribution is -2.14. The summed E-state index contributed by atoms with van der Waals surface area (Å²) >= 11 is 0. The van der Waals surface area contributed by atoms with Crippen molar-refractivity contribution in [1.29, 1.82) is 0 Å². The molecule has 20 heavy (non-hydrogen) atoms. The van der Waals surface area contributed by atoms with E-state index in [4.69, 9.17) is 0 Å². The molecular weight excluding hydrogens is 260 g/mol. The third-order valence-electron chi connectivity index (χ3n) is 2.62. The second kappa shape index (κ2) is 7.28. The summed E-state index contributed by atoms with van der Waals surface area (Å²) in [7, 11) is 1.28. The number of hydrogen-bond donors (Lipinski definition) is 2. The molecule has 6 nitrogen and oxygen atoms in total. The van der Waals surface area contributed by atoms with Crippen LogP contribution in [0.5, 0.6) is 0 Å². The van der Waals surface area contributed by atoms with Gasteiger partial charge in [-0.05, 0) is 24.6 Å². The summed E-state index contributed by atoms with van der Waals surface area (Å²) in [5.74, 6) is -0.890. The van der Waals surface area contributed by atoms with Gasteiger partial charge in [0.25, 0.3) is 0 Å². The Labute approximate surface area is 117 Å². The molecule has 0 heterocycles. The molecule has 0 aliphatic rings. The normalized spacial score (nSPS) is 9.75. The highest BCUT2D eigenvalue weighted by Crippen LogP contribution is 2.20. The van der Waals surface area contributed by atoms with E-state index in [-0.39, 0.29) is 24.7 Å². The maximum atomic E-state index is 11.6. The van der Waals surface area contributed by atoms with Crippen LogP contribution in [0, 0.1) is 6.92 Å². The van der Waals surface area contributed by atoms with Crippen molar-refractivity contribution >= 4 is 29.2 Å². The fourth-order valence-electron chi connectivity index (χ4n) is 1.57. The molecule has 0 unspecified atom stereocenters. The van der Waals surface area contributed by atoms with Crippen molar-refractivity contribution in [3.8, 4) is 0 Å². The summed E-state index contributed by atoms with van der Waals surface area (Å²) in [5, 5.41) is 5.35. The summed E-state index contributed by atoms with van der Waals surface area (Å²) in [5.41, 5.74) is 2.10. The van der Waals surface area contributed by atoms with Crippen molar-refractivity contribution in [2.24, 2.45) is 0 Å². The van der Waals surface area contributed by atoms with E-state index in [0.717, 1.165) is 5.56 Å². The number of benzene rings is 1. The highest BCUT2D eigenvalue weighted by Gasteiger charge is 2.08. The maximum Gasteiger partial charge on any atom is 0.306 e. The van der Waals surface area contributed by atoms with Crippen molar-refractivity contribution in [3.05, 3.63) is 23.8 Å². The van der Waals surface area contributed by atoms with Gasteiger partial charge in [-0.3, -0.25) is 14.4 Å². The number of ether oxygens (including phenoxy) is 1. The first-order valence-corrected chi connectivity index (χ1v) is 6.17. The van der Waals surface area contributed by atoms with Gasteiger partial charge in [0.15, 0.2) is 0 Å². The summed E-state index contributed by atoms with van der Waals surface area (Å²) in [6, 6.07) is 5.20. The van der Waals surface area contributed by atoms with Crippen molar-refractivity contribution < 1.29 is 19.1 Å². The van der Waals surface area contributed by atoms with Gasteiger partial charge >= 0.3 is 5.97 Å². The fourth-order valence-corrected chi connectivity index (χ4v) is 1.57. The molecule has 0 bridgehead atoms. The zero-order valence-corrected chi connectivity index (χ0v) is 11.8. The Kier molecular flexibility index (Phi) is 5.71. The second-order valence-electron chi connectivity index (χ2n) is 4.34. The Morgan fingerprint density at radius 1 is 1.15 bits per heavy atom. The molecule has 0 fully saturated rings. The van der Waals surface area contributed by atoms with Crippen LogP contribution in [0.4, 0.5) is 11.4 Å².